The minimum Gasteiger partial charge on any atom is -0.333 e. The van der Waals surface area contributed by atoms with Crippen LogP contribution in [-0.2, 0) is 4.79 Å². The van der Waals surface area contributed by atoms with Crippen LogP contribution in [0.4, 0.5) is 0 Å². The minimum absolute atomic E-state index is 0.0922. The van der Waals surface area contributed by atoms with Crippen molar-refractivity contribution in [2.75, 3.05) is 6.54 Å². The zero-order valence-electron chi connectivity index (χ0n) is 19.3. The zero-order valence-corrected chi connectivity index (χ0v) is 19.3. The maximum absolute atomic E-state index is 13.7. The fourth-order valence-corrected chi connectivity index (χ4v) is 4.26. The van der Waals surface area contributed by atoms with Crippen molar-refractivity contribution in [3.05, 3.63) is 69.8 Å². The highest BCUT2D eigenvalue weighted by molar-refractivity contribution is 5.79. The van der Waals surface area contributed by atoms with Crippen LogP contribution < -0.4 is 5.56 Å². The van der Waals surface area contributed by atoms with Gasteiger partial charge in [-0.05, 0) is 56.9 Å². The molecule has 1 amide bonds. The van der Waals surface area contributed by atoms with Crippen LogP contribution in [0.5, 0.6) is 0 Å². The summed E-state index contributed by atoms with van der Waals surface area (Å²) in [5.41, 5.74) is 3.55. The second kappa shape index (κ2) is 9.90. The molecule has 3 aromatic rings. The summed E-state index contributed by atoms with van der Waals surface area (Å²) in [6, 6.07) is 13.3. The molecule has 0 saturated heterocycles. The van der Waals surface area contributed by atoms with Gasteiger partial charge in [-0.2, -0.15) is 0 Å². The number of para-hydroxylation sites is 1. The fraction of sp³-hybridized carbons (Fsp3) is 0.423. The number of fused-ring (bicyclic) bond motifs is 1. The molecule has 5 nitrogen and oxygen atoms in total. The van der Waals surface area contributed by atoms with E-state index in [4.69, 9.17) is 4.98 Å². The van der Waals surface area contributed by atoms with Gasteiger partial charge in [0, 0.05) is 13.0 Å². The number of rotatable bonds is 8. The Morgan fingerprint density at radius 3 is 2.45 bits per heavy atom. The van der Waals surface area contributed by atoms with E-state index in [1.54, 1.807) is 4.57 Å². The molecule has 0 N–H and O–H groups in total. The second-order valence-electron chi connectivity index (χ2n) is 8.18. The Balaban J connectivity index is 2.33. The largest absolute Gasteiger partial charge is 0.333 e. The van der Waals surface area contributed by atoms with E-state index < -0.39 is 0 Å². The average molecular weight is 420 g/mol. The molecule has 1 unspecified atom stereocenters. The van der Waals surface area contributed by atoms with Crippen LogP contribution >= 0.6 is 0 Å². The van der Waals surface area contributed by atoms with Crippen LogP contribution in [0.1, 0.15) is 69.4 Å². The molecule has 0 spiro atoms. The molecule has 0 aliphatic heterocycles. The Morgan fingerprint density at radius 1 is 1.06 bits per heavy atom. The highest BCUT2D eigenvalue weighted by Gasteiger charge is 2.28. The molecular formula is C26H33N3O2. The number of aromatic nitrogens is 2. The van der Waals surface area contributed by atoms with Crippen molar-refractivity contribution in [2.24, 2.45) is 0 Å². The number of amides is 1. The first-order valence-electron chi connectivity index (χ1n) is 11.3. The molecule has 5 heteroatoms. The zero-order chi connectivity index (χ0) is 22.5. The van der Waals surface area contributed by atoms with E-state index in [2.05, 4.69) is 19.9 Å². The van der Waals surface area contributed by atoms with Crippen LogP contribution in [0.25, 0.3) is 16.6 Å². The van der Waals surface area contributed by atoms with Gasteiger partial charge in [-0.25, -0.2) is 4.98 Å². The van der Waals surface area contributed by atoms with Crippen LogP contribution in [-0.4, -0.2) is 26.9 Å². The van der Waals surface area contributed by atoms with Crippen molar-refractivity contribution in [2.45, 2.75) is 66.3 Å². The van der Waals surface area contributed by atoms with Gasteiger partial charge in [0.15, 0.2) is 0 Å². The highest BCUT2D eigenvalue weighted by Crippen LogP contribution is 2.28. The summed E-state index contributed by atoms with van der Waals surface area (Å²) in [5, 5.41) is 0.586. The van der Waals surface area contributed by atoms with Crippen molar-refractivity contribution in [3.8, 4) is 5.69 Å². The SMILES string of the molecule is CCCC(=O)N(CCC)C(CC)c1nc2ccccc2c(=O)n1-c1ccc(C)cc1C. The first kappa shape index (κ1) is 22.7. The monoisotopic (exact) mass is 419 g/mol. The number of aryl methyl sites for hydroxylation is 2. The van der Waals surface area contributed by atoms with Crippen molar-refractivity contribution in [1.82, 2.24) is 14.5 Å². The van der Waals surface area contributed by atoms with Gasteiger partial charge in [0.2, 0.25) is 5.91 Å². The molecule has 0 bridgehead atoms. The van der Waals surface area contributed by atoms with Gasteiger partial charge in [-0.15, -0.1) is 0 Å². The summed E-state index contributed by atoms with van der Waals surface area (Å²) in [7, 11) is 0. The predicted molar refractivity (Wildman–Crippen MR) is 127 cm³/mol. The van der Waals surface area contributed by atoms with E-state index in [-0.39, 0.29) is 17.5 Å². The molecule has 0 aliphatic rings. The molecule has 1 aromatic heterocycles. The molecule has 0 radical (unpaired) electrons. The number of benzene rings is 2. The third-order valence-electron chi connectivity index (χ3n) is 5.70. The molecule has 164 valence electrons. The van der Waals surface area contributed by atoms with Gasteiger partial charge in [0.25, 0.3) is 5.56 Å². The van der Waals surface area contributed by atoms with Gasteiger partial charge >= 0.3 is 0 Å². The summed E-state index contributed by atoms with van der Waals surface area (Å²) in [5.74, 6) is 0.752. The van der Waals surface area contributed by atoms with E-state index in [1.165, 1.54) is 0 Å². The maximum Gasteiger partial charge on any atom is 0.266 e. The lowest BCUT2D eigenvalue weighted by molar-refractivity contribution is -0.134. The van der Waals surface area contributed by atoms with E-state index in [1.807, 2.05) is 62.1 Å². The predicted octanol–water partition coefficient (Wildman–Crippen LogP) is 5.49. The van der Waals surface area contributed by atoms with Gasteiger partial charge < -0.3 is 4.90 Å². The fourth-order valence-electron chi connectivity index (χ4n) is 4.26. The van der Waals surface area contributed by atoms with E-state index in [9.17, 15) is 9.59 Å². The van der Waals surface area contributed by atoms with Crippen LogP contribution in [0, 0.1) is 13.8 Å². The Morgan fingerprint density at radius 2 is 1.81 bits per heavy atom. The number of hydrogen-bond donors (Lipinski definition) is 0. The highest BCUT2D eigenvalue weighted by atomic mass is 16.2. The van der Waals surface area contributed by atoms with Crippen molar-refractivity contribution in [1.29, 1.82) is 0 Å². The normalized spacial score (nSPS) is 12.2. The number of carbonyl (C=O) groups excluding carboxylic acids is 1. The summed E-state index contributed by atoms with van der Waals surface area (Å²) in [6.07, 6.45) is 2.83. The Bertz CT molecular complexity index is 1130. The molecule has 1 atom stereocenters. The summed E-state index contributed by atoms with van der Waals surface area (Å²) >= 11 is 0. The molecule has 1 heterocycles. The van der Waals surface area contributed by atoms with E-state index in [0.717, 1.165) is 29.7 Å². The van der Waals surface area contributed by atoms with Crippen molar-refractivity contribution < 1.29 is 4.79 Å². The Labute approximate surface area is 184 Å². The van der Waals surface area contributed by atoms with Gasteiger partial charge in [0.05, 0.1) is 22.6 Å². The Kier molecular flexibility index (Phi) is 7.26. The lowest BCUT2D eigenvalue weighted by Gasteiger charge is -2.32. The third kappa shape index (κ3) is 4.55. The molecular weight excluding hydrogens is 386 g/mol. The summed E-state index contributed by atoms with van der Waals surface area (Å²) in [4.78, 5) is 33.6. The topological polar surface area (TPSA) is 55.2 Å². The number of hydrogen-bond acceptors (Lipinski definition) is 3. The smallest absolute Gasteiger partial charge is 0.266 e. The summed E-state index contributed by atoms with van der Waals surface area (Å²) < 4.78 is 1.73. The average Bonchev–Trinajstić information content (AvgIpc) is 2.75. The quantitative estimate of drug-likeness (QED) is 0.485. The summed E-state index contributed by atoms with van der Waals surface area (Å²) in [6.45, 7) is 10.8. The third-order valence-corrected chi connectivity index (χ3v) is 5.70. The number of nitrogens with zero attached hydrogens (tertiary/aromatic N) is 3. The maximum atomic E-state index is 13.7. The number of carbonyl (C=O) groups is 1. The molecule has 0 aliphatic carbocycles. The van der Waals surface area contributed by atoms with Crippen molar-refractivity contribution in [3.63, 3.8) is 0 Å². The second-order valence-corrected chi connectivity index (χ2v) is 8.18. The lowest BCUT2D eigenvalue weighted by atomic mass is 10.1. The first-order chi connectivity index (χ1) is 14.9. The lowest BCUT2D eigenvalue weighted by Crippen LogP contribution is -2.39. The minimum atomic E-state index is -0.267. The van der Waals surface area contributed by atoms with Crippen LogP contribution in [0.3, 0.4) is 0 Å². The van der Waals surface area contributed by atoms with E-state index >= 15 is 0 Å². The standard InChI is InChI=1S/C26H33N3O2/c1-6-11-24(30)28(16-7-2)22(8-3)25-27-21-13-10-9-12-20(21)26(31)29(25)23-15-14-18(4)17-19(23)5/h9-10,12-15,17,22H,6-8,11,16H2,1-5H3. The first-order valence-corrected chi connectivity index (χ1v) is 11.3. The molecule has 0 saturated carbocycles. The van der Waals surface area contributed by atoms with Crippen LogP contribution in [0.15, 0.2) is 47.3 Å². The van der Waals surface area contributed by atoms with Gasteiger partial charge in [-0.3, -0.25) is 14.2 Å². The Hall–Kier alpha value is -2.95. The molecule has 0 fully saturated rings. The van der Waals surface area contributed by atoms with E-state index in [0.29, 0.717) is 36.1 Å². The molecule has 3 rings (SSSR count). The molecule has 31 heavy (non-hydrogen) atoms. The van der Waals surface area contributed by atoms with Crippen LogP contribution in [0.2, 0.25) is 0 Å². The van der Waals surface area contributed by atoms with Crippen molar-refractivity contribution >= 4 is 16.8 Å². The van der Waals surface area contributed by atoms with Gasteiger partial charge in [-0.1, -0.05) is 50.6 Å². The molecule has 2 aromatic carbocycles. The van der Waals surface area contributed by atoms with Gasteiger partial charge in [0.1, 0.15) is 5.82 Å².